The fraction of sp³-hybridized carbons (Fsp3) is 0.917. The second-order valence-electron chi connectivity index (χ2n) is 5.01. The van der Waals surface area contributed by atoms with Crippen molar-refractivity contribution in [1.82, 2.24) is 4.90 Å². The van der Waals surface area contributed by atoms with Crippen molar-refractivity contribution in [3.05, 3.63) is 0 Å². The molecule has 0 aliphatic carbocycles. The van der Waals surface area contributed by atoms with Gasteiger partial charge in [0.05, 0.1) is 6.10 Å². The van der Waals surface area contributed by atoms with E-state index in [0.29, 0.717) is 25.4 Å². The molecule has 0 aromatic rings. The molecule has 4 heteroatoms. The molecular weight excluding hydrogens is 204 g/mol. The third-order valence-corrected chi connectivity index (χ3v) is 3.51. The molecule has 0 aromatic heterocycles. The smallest absolute Gasteiger partial charge is 0.222 e. The van der Waals surface area contributed by atoms with Crippen molar-refractivity contribution in [1.29, 1.82) is 0 Å². The summed E-state index contributed by atoms with van der Waals surface area (Å²) in [4.78, 5) is 13.7. The van der Waals surface area contributed by atoms with Gasteiger partial charge in [0.1, 0.15) is 0 Å². The number of aliphatic hydroxyl groups is 1. The number of carbonyl (C=O) groups excluding carboxylic acids is 1. The van der Waals surface area contributed by atoms with Gasteiger partial charge < -0.3 is 15.7 Å². The molecule has 16 heavy (non-hydrogen) atoms. The Bertz CT molecular complexity index is 231. The molecule has 94 valence electrons. The molecule has 1 saturated heterocycles. The Hall–Kier alpha value is -0.610. The van der Waals surface area contributed by atoms with E-state index in [-0.39, 0.29) is 17.9 Å². The first-order chi connectivity index (χ1) is 7.54. The third-order valence-electron chi connectivity index (χ3n) is 3.51. The topological polar surface area (TPSA) is 66.6 Å². The first-order valence-corrected chi connectivity index (χ1v) is 6.20. The molecular formula is C12H24N2O2. The van der Waals surface area contributed by atoms with Crippen LogP contribution in [-0.2, 0) is 4.79 Å². The van der Waals surface area contributed by atoms with Crippen molar-refractivity contribution >= 4 is 5.91 Å². The monoisotopic (exact) mass is 228 g/mol. The number of likely N-dealkylation sites (tertiary alicyclic amines) is 1. The second-order valence-corrected chi connectivity index (χ2v) is 5.01. The van der Waals surface area contributed by atoms with Crippen molar-refractivity contribution in [3.8, 4) is 0 Å². The molecule has 3 N–H and O–H groups in total. The second kappa shape index (κ2) is 6.21. The average molecular weight is 228 g/mol. The van der Waals surface area contributed by atoms with Gasteiger partial charge in [0, 0.05) is 25.4 Å². The van der Waals surface area contributed by atoms with E-state index < -0.39 is 0 Å². The van der Waals surface area contributed by atoms with Crippen LogP contribution in [0, 0.1) is 11.8 Å². The lowest BCUT2D eigenvalue weighted by Gasteiger charge is -2.18. The van der Waals surface area contributed by atoms with Crippen molar-refractivity contribution in [2.45, 2.75) is 39.2 Å². The van der Waals surface area contributed by atoms with Crippen LogP contribution in [0.3, 0.4) is 0 Å². The van der Waals surface area contributed by atoms with E-state index >= 15 is 0 Å². The Morgan fingerprint density at radius 1 is 1.56 bits per heavy atom. The van der Waals surface area contributed by atoms with Gasteiger partial charge in [-0.2, -0.15) is 0 Å². The molecule has 1 aliphatic heterocycles. The number of nitrogens with zero attached hydrogens (tertiary/aromatic N) is 1. The van der Waals surface area contributed by atoms with Gasteiger partial charge in [-0.05, 0) is 32.2 Å². The highest BCUT2D eigenvalue weighted by Crippen LogP contribution is 2.20. The highest BCUT2D eigenvalue weighted by atomic mass is 16.3. The highest BCUT2D eigenvalue weighted by Gasteiger charge is 2.28. The lowest BCUT2D eigenvalue weighted by Crippen LogP contribution is -2.30. The maximum Gasteiger partial charge on any atom is 0.222 e. The summed E-state index contributed by atoms with van der Waals surface area (Å²) in [7, 11) is 0. The molecule has 0 bridgehead atoms. The minimum atomic E-state index is -0.305. The Labute approximate surface area is 97.8 Å². The third kappa shape index (κ3) is 3.76. The zero-order valence-electron chi connectivity index (χ0n) is 10.4. The Balaban J connectivity index is 2.28. The summed E-state index contributed by atoms with van der Waals surface area (Å²) in [6.07, 6.45) is 2.08. The molecule has 4 nitrogen and oxygen atoms in total. The molecule has 3 unspecified atom stereocenters. The normalized spacial score (nSPS) is 24.5. The van der Waals surface area contributed by atoms with Crippen LogP contribution >= 0.6 is 0 Å². The minimum Gasteiger partial charge on any atom is -0.393 e. The number of hydrogen-bond donors (Lipinski definition) is 2. The van der Waals surface area contributed by atoms with Crippen LogP contribution in [0.5, 0.6) is 0 Å². The predicted molar refractivity (Wildman–Crippen MR) is 63.8 cm³/mol. The van der Waals surface area contributed by atoms with Crippen molar-refractivity contribution < 1.29 is 9.90 Å². The van der Waals surface area contributed by atoms with E-state index in [1.165, 1.54) is 0 Å². The van der Waals surface area contributed by atoms with Crippen molar-refractivity contribution in [3.63, 3.8) is 0 Å². The van der Waals surface area contributed by atoms with Gasteiger partial charge in [0.25, 0.3) is 0 Å². The number of hydrogen-bond acceptors (Lipinski definition) is 3. The summed E-state index contributed by atoms with van der Waals surface area (Å²) in [5.41, 5.74) is 5.52. The minimum absolute atomic E-state index is 0.212. The van der Waals surface area contributed by atoms with E-state index in [1.807, 2.05) is 4.90 Å². The molecule has 0 saturated carbocycles. The summed E-state index contributed by atoms with van der Waals surface area (Å²) in [5.74, 6) is 0.887. The number of rotatable bonds is 5. The number of amides is 1. The molecule has 0 aromatic carbocycles. The average Bonchev–Trinajstić information content (AvgIpc) is 2.74. The molecule has 1 fully saturated rings. The van der Waals surface area contributed by atoms with E-state index in [9.17, 15) is 9.90 Å². The van der Waals surface area contributed by atoms with E-state index in [1.54, 1.807) is 6.92 Å². The molecule has 0 spiro atoms. The van der Waals surface area contributed by atoms with E-state index in [4.69, 9.17) is 5.73 Å². The molecule has 1 heterocycles. The van der Waals surface area contributed by atoms with Gasteiger partial charge in [-0.15, -0.1) is 0 Å². The van der Waals surface area contributed by atoms with E-state index in [2.05, 4.69) is 6.92 Å². The first-order valence-electron chi connectivity index (χ1n) is 6.20. The molecule has 1 rings (SSSR count). The predicted octanol–water partition coefficient (Wildman–Crippen LogP) is 0.591. The standard InChI is InChI=1S/C12H24N2O2/c1-9(7-13)3-4-12(16)14-6-5-11(8-14)10(2)15/h9-11,15H,3-8,13H2,1-2H3. The van der Waals surface area contributed by atoms with Crippen molar-refractivity contribution in [2.24, 2.45) is 17.6 Å². The van der Waals surface area contributed by atoms with Gasteiger partial charge in [0.15, 0.2) is 0 Å². The number of aliphatic hydroxyl groups excluding tert-OH is 1. The first kappa shape index (κ1) is 13.5. The van der Waals surface area contributed by atoms with Crippen LogP contribution in [0.15, 0.2) is 0 Å². The number of nitrogens with two attached hydrogens (primary N) is 1. The van der Waals surface area contributed by atoms with E-state index in [0.717, 1.165) is 19.4 Å². The fourth-order valence-corrected chi connectivity index (χ4v) is 2.05. The van der Waals surface area contributed by atoms with Gasteiger partial charge in [-0.25, -0.2) is 0 Å². The summed E-state index contributed by atoms with van der Waals surface area (Å²) in [5, 5.41) is 9.45. The van der Waals surface area contributed by atoms with Crippen LogP contribution < -0.4 is 5.73 Å². The maximum atomic E-state index is 11.8. The maximum absolute atomic E-state index is 11.8. The van der Waals surface area contributed by atoms with Crippen LogP contribution in [-0.4, -0.2) is 41.7 Å². The zero-order chi connectivity index (χ0) is 12.1. The Kier molecular flexibility index (Phi) is 5.22. The molecule has 1 aliphatic rings. The van der Waals surface area contributed by atoms with Gasteiger partial charge in [-0.1, -0.05) is 6.92 Å². The largest absolute Gasteiger partial charge is 0.393 e. The number of carbonyl (C=O) groups is 1. The lowest BCUT2D eigenvalue weighted by atomic mass is 10.0. The van der Waals surface area contributed by atoms with Crippen LogP contribution in [0.25, 0.3) is 0 Å². The Morgan fingerprint density at radius 3 is 2.75 bits per heavy atom. The highest BCUT2D eigenvalue weighted by molar-refractivity contribution is 5.76. The van der Waals surface area contributed by atoms with Crippen molar-refractivity contribution in [2.75, 3.05) is 19.6 Å². The SMILES string of the molecule is CC(CN)CCC(=O)N1CCC(C(C)O)C1. The fourth-order valence-electron chi connectivity index (χ4n) is 2.05. The Morgan fingerprint density at radius 2 is 2.25 bits per heavy atom. The van der Waals surface area contributed by atoms with Crippen LogP contribution in [0.2, 0.25) is 0 Å². The zero-order valence-corrected chi connectivity index (χ0v) is 10.4. The molecule has 1 amide bonds. The van der Waals surface area contributed by atoms with Gasteiger partial charge >= 0.3 is 0 Å². The molecule has 3 atom stereocenters. The van der Waals surface area contributed by atoms with Crippen LogP contribution in [0.4, 0.5) is 0 Å². The van der Waals surface area contributed by atoms with Crippen LogP contribution in [0.1, 0.15) is 33.1 Å². The lowest BCUT2D eigenvalue weighted by molar-refractivity contribution is -0.130. The summed E-state index contributed by atoms with van der Waals surface area (Å²) < 4.78 is 0. The van der Waals surface area contributed by atoms with Gasteiger partial charge in [0.2, 0.25) is 5.91 Å². The van der Waals surface area contributed by atoms with Gasteiger partial charge in [-0.3, -0.25) is 4.79 Å². The quantitative estimate of drug-likeness (QED) is 0.724. The molecule has 0 radical (unpaired) electrons. The summed E-state index contributed by atoms with van der Waals surface area (Å²) >= 11 is 0. The summed E-state index contributed by atoms with van der Waals surface area (Å²) in [6, 6.07) is 0. The summed E-state index contributed by atoms with van der Waals surface area (Å²) in [6.45, 7) is 6.02.